The number of nitrogens with zero attached hydrogens (tertiary/aromatic N) is 1. The van der Waals surface area contributed by atoms with E-state index < -0.39 is 0 Å². The van der Waals surface area contributed by atoms with Gasteiger partial charge in [-0.2, -0.15) is 0 Å². The molecule has 0 bridgehead atoms. The maximum Gasteiger partial charge on any atom is 0.157 e. The van der Waals surface area contributed by atoms with Crippen LogP contribution >= 0.6 is 0 Å². The molecule has 1 aromatic rings. The average Bonchev–Trinajstić information content (AvgIpc) is 2.55. The first-order valence-electron chi connectivity index (χ1n) is 5.98. The Kier molecular flexibility index (Phi) is 3.81. The maximum atomic E-state index is 5.86. The first-order chi connectivity index (χ1) is 8.35. The normalized spacial score (nSPS) is 15.2. The summed E-state index contributed by atoms with van der Waals surface area (Å²) in [6.07, 6.45) is 9.34. The molecule has 0 amide bonds. The highest BCUT2D eigenvalue weighted by Gasteiger charge is 2.15. The maximum absolute atomic E-state index is 5.86. The lowest BCUT2D eigenvalue weighted by Gasteiger charge is -2.08. The second kappa shape index (κ2) is 5.53. The molecule has 17 heavy (non-hydrogen) atoms. The van der Waals surface area contributed by atoms with Gasteiger partial charge in [0.25, 0.3) is 0 Å². The fourth-order valence-electron chi connectivity index (χ4n) is 1.65. The monoisotopic (exact) mass is 231 g/mol. The van der Waals surface area contributed by atoms with Crippen LogP contribution in [0.15, 0.2) is 42.1 Å². The number of hydrogen-bond acceptors (Lipinski definition) is 3. The molecule has 2 rings (SSSR count). The molecule has 0 radical (unpaired) electrons. The summed E-state index contributed by atoms with van der Waals surface area (Å²) in [6, 6.07) is 1.93. The summed E-state index contributed by atoms with van der Waals surface area (Å²) in [5.41, 5.74) is 1.03. The van der Waals surface area contributed by atoms with Gasteiger partial charge >= 0.3 is 0 Å². The summed E-state index contributed by atoms with van der Waals surface area (Å²) in [4.78, 5) is 4.07. The molecule has 0 saturated heterocycles. The Morgan fingerprint density at radius 1 is 1.41 bits per heavy atom. The van der Waals surface area contributed by atoms with Crippen molar-refractivity contribution < 1.29 is 9.47 Å². The summed E-state index contributed by atoms with van der Waals surface area (Å²) >= 11 is 0. The molecule has 0 spiro atoms. The minimum absolute atomic E-state index is 0.532. The van der Waals surface area contributed by atoms with Crippen molar-refractivity contribution >= 4 is 0 Å². The van der Waals surface area contributed by atoms with Crippen molar-refractivity contribution in [3.63, 3.8) is 0 Å². The zero-order valence-corrected chi connectivity index (χ0v) is 10.3. The largest absolute Gasteiger partial charge is 0.485 e. The highest BCUT2D eigenvalue weighted by molar-refractivity contribution is 5.34. The van der Waals surface area contributed by atoms with E-state index in [-0.39, 0.29) is 0 Å². The summed E-state index contributed by atoms with van der Waals surface area (Å²) in [5, 5.41) is 0. The van der Waals surface area contributed by atoms with E-state index in [0.717, 1.165) is 35.7 Å². The molecule has 3 nitrogen and oxygen atoms in total. The van der Waals surface area contributed by atoms with Crippen molar-refractivity contribution in [2.75, 3.05) is 0 Å². The molecule has 2 heterocycles. The van der Waals surface area contributed by atoms with Crippen molar-refractivity contribution in [2.45, 2.75) is 33.3 Å². The Morgan fingerprint density at radius 2 is 2.29 bits per heavy atom. The standard InChI is InChI=1S/C14H17NO2/c1-3-5-6-13-12(4-2)17-14-9-15-8-7-11(14)10-16-13/h5-9H,3-4,10H2,1-2H3/b6-5-. The van der Waals surface area contributed by atoms with E-state index in [1.165, 1.54) is 0 Å². The molecule has 1 aromatic heterocycles. The molecular weight excluding hydrogens is 214 g/mol. The quantitative estimate of drug-likeness (QED) is 0.796. The van der Waals surface area contributed by atoms with Crippen molar-refractivity contribution in [3.8, 4) is 5.75 Å². The number of pyridine rings is 1. The van der Waals surface area contributed by atoms with Crippen LogP contribution in [0, 0.1) is 0 Å². The zero-order chi connectivity index (χ0) is 12.1. The van der Waals surface area contributed by atoms with Gasteiger partial charge in [0.2, 0.25) is 0 Å². The SMILES string of the molecule is CC/C=C\C1=C(CC)Oc2cnccc2CO1. The van der Waals surface area contributed by atoms with Crippen molar-refractivity contribution in [1.82, 2.24) is 4.98 Å². The third kappa shape index (κ3) is 2.67. The number of fused-ring (bicyclic) bond motifs is 1. The minimum Gasteiger partial charge on any atom is -0.485 e. The molecule has 90 valence electrons. The number of ether oxygens (including phenoxy) is 2. The topological polar surface area (TPSA) is 31.4 Å². The van der Waals surface area contributed by atoms with Crippen LogP contribution in [0.2, 0.25) is 0 Å². The first kappa shape index (κ1) is 11.7. The lowest BCUT2D eigenvalue weighted by atomic mass is 10.2. The number of hydrogen-bond donors (Lipinski definition) is 0. The van der Waals surface area contributed by atoms with Crippen molar-refractivity contribution in [1.29, 1.82) is 0 Å². The van der Waals surface area contributed by atoms with E-state index in [0.29, 0.717) is 6.61 Å². The third-order valence-corrected chi connectivity index (χ3v) is 2.59. The fourth-order valence-corrected chi connectivity index (χ4v) is 1.65. The number of allylic oxidation sites excluding steroid dienone is 3. The van der Waals surface area contributed by atoms with E-state index in [4.69, 9.17) is 9.47 Å². The van der Waals surface area contributed by atoms with Crippen LogP contribution in [-0.4, -0.2) is 4.98 Å². The second-order valence-corrected chi connectivity index (χ2v) is 3.83. The van der Waals surface area contributed by atoms with Crippen LogP contribution in [0.4, 0.5) is 0 Å². The third-order valence-electron chi connectivity index (χ3n) is 2.59. The van der Waals surface area contributed by atoms with E-state index in [9.17, 15) is 0 Å². The molecule has 1 aliphatic heterocycles. The highest BCUT2D eigenvalue weighted by atomic mass is 16.5. The minimum atomic E-state index is 0.532. The zero-order valence-electron chi connectivity index (χ0n) is 10.3. The highest BCUT2D eigenvalue weighted by Crippen LogP contribution is 2.28. The van der Waals surface area contributed by atoms with Crippen LogP contribution in [-0.2, 0) is 11.3 Å². The van der Waals surface area contributed by atoms with Gasteiger partial charge < -0.3 is 9.47 Å². The summed E-state index contributed by atoms with van der Waals surface area (Å²) in [5.74, 6) is 2.48. The fraction of sp³-hybridized carbons (Fsp3) is 0.357. The average molecular weight is 231 g/mol. The summed E-state index contributed by atoms with van der Waals surface area (Å²) in [6.45, 7) is 4.68. The molecule has 0 unspecified atom stereocenters. The van der Waals surface area contributed by atoms with E-state index >= 15 is 0 Å². The van der Waals surface area contributed by atoms with Gasteiger partial charge in [-0.25, -0.2) is 0 Å². The Bertz CT molecular complexity index is 449. The van der Waals surface area contributed by atoms with Crippen LogP contribution in [0.3, 0.4) is 0 Å². The van der Waals surface area contributed by atoms with Gasteiger partial charge in [-0.15, -0.1) is 0 Å². The van der Waals surface area contributed by atoms with Crippen LogP contribution in [0.1, 0.15) is 32.3 Å². The van der Waals surface area contributed by atoms with Crippen LogP contribution in [0.5, 0.6) is 5.75 Å². The van der Waals surface area contributed by atoms with Crippen LogP contribution in [0.25, 0.3) is 0 Å². The smallest absolute Gasteiger partial charge is 0.157 e. The Morgan fingerprint density at radius 3 is 3.06 bits per heavy atom. The predicted octanol–water partition coefficient (Wildman–Crippen LogP) is 3.58. The van der Waals surface area contributed by atoms with Gasteiger partial charge in [0, 0.05) is 18.2 Å². The molecule has 1 aliphatic rings. The Hall–Kier alpha value is -1.77. The molecule has 3 heteroatoms. The molecule has 0 fully saturated rings. The van der Waals surface area contributed by atoms with Gasteiger partial charge in [-0.3, -0.25) is 4.98 Å². The lowest BCUT2D eigenvalue weighted by molar-refractivity contribution is 0.205. The molecular formula is C14H17NO2. The number of aromatic nitrogens is 1. The van der Waals surface area contributed by atoms with Crippen molar-refractivity contribution in [2.24, 2.45) is 0 Å². The van der Waals surface area contributed by atoms with Gasteiger partial charge in [-0.05, 0) is 18.6 Å². The van der Waals surface area contributed by atoms with Gasteiger partial charge in [0.15, 0.2) is 11.5 Å². The molecule has 0 saturated carbocycles. The van der Waals surface area contributed by atoms with Gasteiger partial charge in [-0.1, -0.05) is 19.9 Å². The summed E-state index contributed by atoms with van der Waals surface area (Å²) < 4.78 is 11.6. The van der Waals surface area contributed by atoms with E-state index in [2.05, 4.69) is 24.9 Å². The number of rotatable bonds is 3. The Balaban J connectivity index is 2.30. The second-order valence-electron chi connectivity index (χ2n) is 3.83. The van der Waals surface area contributed by atoms with E-state index in [1.807, 2.05) is 12.1 Å². The predicted molar refractivity (Wildman–Crippen MR) is 66.4 cm³/mol. The molecule has 0 aromatic carbocycles. The van der Waals surface area contributed by atoms with Gasteiger partial charge in [0.05, 0.1) is 6.20 Å². The first-order valence-corrected chi connectivity index (χ1v) is 5.98. The van der Waals surface area contributed by atoms with Crippen LogP contribution < -0.4 is 4.74 Å². The van der Waals surface area contributed by atoms with Crippen molar-refractivity contribution in [3.05, 3.63) is 47.7 Å². The molecule has 0 atom stereocenters. The Labute approximate surface area is 102 Å². The van der Waals surface area contributed by atoms with Gasteiger partial charge in [0.1, 0.15) is 12.4 Å². The molecule has 0 aliphatic carbocycles. The summed E-state index contributed by atoms with van der Waals surface area (Å²) in [7, 11) is 0. The van der Waals surface area contributed by atoms with E-state index in [1.54, 1.807) is 12.4 Å². The lowest BCUT2D eigenvalue weighted by Crippen LogP contribution is -1.97. The molecule has 0 N–H and O–H groups in total.